The van der Waals surface area contributed by atoms with E-state index in [0.29, 0.717) is 6.61 Å². The summed E-state index contributed by atoms with van der Waals surface area (Å²) in [5.41, 5.74) is 0. The zero-order chi connectivity index (χ0) is 10.4. The number of ether oxygens (including phenoxy) is 4. The first-order valence-electron chi connectivity index (χ1n) is 4.20. The number of cyclic esters (lactones) is 2. The highest BCUT2D eigenvalue weighted by atomic mass is 16.7. The van der Waals surface area contributed by atoms with E-state index in [1.165, 1.54) is 7.11 Å². The molecule has 0 aromatic carbocycles. The van der Waals surface area contributed by atoms with Crippen molar-refractivity contribution in [3.8, 4) is 0 Å². The average Bonchev–Trinajstić information content (AvgIpc) is 2.18. The Balaban J connectivity index is 2.17. The summed E-state index contributed by atoms with van der Waals surface area (Å²) >= 11 is 0. The molecule has 0 amide bonds. The van der Waals surface area contributed by atoms with Gasteiger partial charge in [-0.15, -0.1) is 0 Å². The average molecular weight is 204 g/mol. The third-order valence-electron chi connectivity index (χ3n) is 1.58. The minimum Gasteiger partial charge on any atom is -0.455 e. The number of rotatable bonds is 4. The highest BCUT2D eigenvalue weighted by molar-refractivity contribution is 5.69. The molecule has 6 nitrogen and oxygen atoms in total. The van der Waals surface area contributed by atoms with E-state index in [2.05, 4.69) is 9.47 Å². The van der Waals surface area contributed by atoms with E-state index in [9.17, 15) is 9.59 Å². The first kappa shape index (κ1) is 10.8. The number of hydrogen-bond donors (Lipinski definition) is 0. The Hall–Kier alpha value is -1.30. The van der Waals surface area contributed by atoms with E-state index < -0.39 is 18.2 Å². The van der Waals surface area contributed by atoms with Crippen molar-refractivity contribution in [1.29, 1.82) is 0 Å². The van der Waals surface area contributed by atoms with Gasteiger partial charge in [0.05, 0.1) is 13.0 Å². The summed E-state index contributed by atoms with van der Waals surface area (Å²) in [4.78, 5) is 21.5. The molecule has 1 heterocycles. The molecule has 1 fully saturated rings. The molecule has 0 aromatic rings. The van der Waals surface area contributed by atoms with Gasteiger partial charge in [-0.05, 0) is 0 Å². The third kappa shape index (κ3) is 3.61. The number of carbonyl (C=O) groups excluding carboxylic acids is 2. The Kier molecular flexibility index (Phi) is 4.18. The second-order valence-corrected chi connectivity index (χ2v) is 2.73. The van der Waals surface area contributed by atoms with Crippen molar-refractivity contribution in [2.75, 3.05) is 26.9 Å². The van der Waals surface area contributed by atoms with Crippen LogP contribution in [0.1, 0.15) is 6.42 Å². The van der Waals surface area contributed by atoms with Gasteiger partial charge in [-0.1, -0.05) is 0 Å². The number of methoxy groups -OCH3 is 1. The van der Waals surface area contributed by atoms with E-state index in [1.54, 1.807) is 0 Å². The molecule has 0 aromatic heterocycles. The molecule has 6 heteroatoms. The van der Waals surface area contributed by atoms with Crippen LogP contribution in [-0.2, 0) is 23.7 Å². The quantitative estimate of drug-likeness (QED) is 0.605. The maximum atomic E-state index is 11.1. The van der Waals surface area contributed by atoms with Crippen molar-refractivity contribution < 1.29 is 28.5 Å². The molecule has 0 saturated carbocycles. The zero-order valence-electron chi connectivity index (χ0n) is 7.86. The topological polar surface area (TPSA) is 71.1 Å². The Morgan fingerprint density at radius 3 is 2.71 bits per heavy atom. The highest BCUT2D eigenvalue weighted by Crippen LogP contribution is 2.05. The highest BCUT2D eigenvalue weighted by Gasteiger charge is 2.23. The van der Waals surface area contributed by atoms with E-state index in [4.69, 9.17) is 9.47 Å². The Morgan fingerprint density at radius 2 is 2.14 bits per heavy atom. The van der Waals surface area contributed by atoms with Crippen LogP contribution >= 0.6 is 0 Å². The first-order chi connectivity index (χ1) is 6.72. The summed E-state index contributed by atoms with van der Waals surface area (Å²) in [6, 6.07) is 0. The molecule has 0 spiro atoms. The first-order valence-corrected chi connectivity index (χ1v) is 4.20. The summed E-state index contributed by atoms with van der Waals surface area (Å²) in [6.07, 6.45) is -1.05. The number of carbonyl (C=O) groups is 2. The molecule has 0 radical (unpaired) electrons. The molecule has 14 heavy (non-hydrogen) atoms. The van der Waals surface area contributed by atoms with Crippen LogP contribution in [0.25, 0.3) is 0 Å². The van der Waals surface area contributed by atoms with Crippen LogP contribution in [0, 0.1) is 0 Å². The van der Waals surface area contributed by atoms with Crippen LogP contribution in [0.15, 0.2) is 0 Å². The van der Waals surface area contributed by atoms with Gasteiger partial charge < -0.3 is 18.9 Å². The largest absolute Gasteiger partial charge is 0.508 e. The lowest BCUT2D eigenvalue weighted by Gasteiger charge is -2.21. The second-order valence-electron chi connectivity index (χ2n) is 2.73. The minimum atomic E-state index is -0.728. The van der Waals surface area contributed by atoms with Gasteiger partial charge in [0.1, 0.15) is 13.2 Å². The van der Waals surface area contributed by atoms with Crippen LogP contribution in [0.4, 0.5) is 4.79 Å². The second kappa shape index (κ2) is 5.43. The normalized spacial score (nSPS) is 17.1. The van der Waals surface area contributed by atoms with Crippen molar-refractivity contribution in [2.45, 2.75) is 12.5 Å². The molecule has 0 bridgehead atoms. The molecule has 80 valence electrons. The van der Waals surface area contributed by atoms with Gasteiger partial charge in [-0.3, -0.25) is 4.79 Å². The number of hydrogen-bond acceptors (Lipinski definition) is 6. The van der Waals surface area contributed by atoms with E-state index in [0.717, 1.165) is 0 Å². The van der Waals surface area contributed by atoms with Gasteiger partial charge in [-0.2, -0.15) is 0 Å². The maximum absolute atomic E-state index is 11.1. The molecular formula is C8H12O6. The lowest BCUT2D eigenvalue weighted by Crippen LogP contribution is -2.35. The van der Waals surface area contributed by atoms with Crippen LogP contribution in [-0.4, -0.2) is 45.2 Å². The van der Waals surface area contributed by atoms with Crippen LogP contribution < -0.4 is 0 Å². The van der Waals surface area contributed by atoms with Crippen LogP contribution in [0.5, 0.6) is 0 Å². The van der Waals surface area contributed by atoms with Gasteiger partial charge in [0.2, 0.25) is 0 Å². The fourth-order valence-corrected chi connectivity index (χ4v) is 0.910. The Morgan fingerprint density at radius 1 is 1.50 bits per heavy atom. The smallest absolute Gasteiger partial charge is 0.455 e. The van der Waals surface area contributed by atoms with Crippen molar-refractivity contribution in [1.82, 2.24) is 0 Å². The summed E-state index contributed by atoms with van der Waals surface area (Å²) in [5.74, 6) is -0.390. The van der Waals surface area contributed by atoms with Crippen molar-refractivity contribution in [3.63, 3.8) is 0 Å². The fraction of sp³-hybridized carbons (Fsp3) is 0.750. The Labute approximate surface area is 81.1 Å². The van der Waals surface area contributed by atoms with E-state index >= 15 is 0 Å². The molecule has 0 aliphatic carbocycles. The molecule has 0 unspecified atom stereocenters. The number of esters is 1. The van der Waals surface area contributed by atoms with Gasteiger partial charge in [0.25, 0.3) is 0 Å². The van der Waals surface area contributed by atoms with Crippen LogP contribution in [0.3, 0.4) is 0 Å². The zero-order valence-corrected chi connectivity index (χ0v) is 7.86. The maximum Gasteiger partial charge on any atom is 0.508 e. The lowest BCUT2D eigenvalue weighted by atomic mass is 10.4. The van der Waals surface area contributed by atoms with Gasteiger partial charge in [-0.25, -0.2) is 4.79 Å². The summed E-state index contributed by atoms with van der Waals surface area (Å²) < 4.78 is 18.7. The lowest BCUT2D eigenvalue weighted by molar-refractivity contribution is -0.159. The molecule has 1 saturated heterocycles. The third-order valence-corrected chi connectivity index (χ3v) is 1.58. The standard InChI is InChI=1S/C8H12O6/c1-11-3-2-7(9)14-6-4-12-8(10)13-5-6/h6H,2-5H2,1H3. The fourth-order valence-electron chi connectivity index (χ4n) is 0.910. The summed E-state index contributed by atoms with van der Waals surface area (Å²) in [7, 11) is 1.50. The van der Waals surface area contributed by atoms with Crippen molar-refractivity contribution >= 4 is 12.1 Å². The van der Waals surface area contributed by atoms with Gasteiger partial charge >= 0.3 is 12.1 Å². The molecule has 1 rings (SSSR count). The molecule has 1 aliphatic heterocycles. The molecular weight excluding hydrogens is 192 g/mol. The SMILES string of the molecule is COCCC(=O)OC1COC(=O)OC1. The monoisotopic (exact) mass is 204 g/mol. The minimum absolute atomic E-state index is 0.0531. The van der Waals surface area contributed by atoms with Gasteiger partial charge in [0, 0.05) is 7.11 Å². The Bertz CT molecular complexity index is 204. The predicted octanol–water partition coefficient (Wildman–Crippen LogP) is 0.101. The van der Waals surface area contributed by atoms with Crippen molar-refractivity contribution in [2.24, 2.45) is 0 Å². The van der Waals surface area contributed by atoms with E-state index in [-0.39, 0.29) is 19.6 Å². The van der Waals surface area contributed by atoms with Crippen LogP contribution in [0.2, 0.25) is 0 Å². The predicted molar refractivity (Wildman–Crippen MR) is 43.7 cm³/mol. The molecule has 1 aliphatic rings. The molecule has 0 atom stereocenters. The van der Waals surface area contributed by atoms with Crippen molar-refractivity contribution in [3.05, 3.63) is 0 Å². The van der Waals surface area contributed by atoms with Gasteiger partial charge in [0.15, 0.2) is 6.10 Å². The summed E-state index contributed by atoms with van der Waals surface area (Å²) in [6.45, 7) is 0.418. The van der Waals surface area contributed by atoms with E-state index in [1.807, 2.05) is 0 Å². The summed E-state index contributed by atoms with van der Waals surface area (Å²) in [5, 5.41) is 0. The molecule has 0 N–H and O–H groups in total.